The van der Waals surface area contributed by atoms with E-state index in [1.807, 2.05) is 0 Å². The van der Waals surface area contributed by atoms with E-state index in [1.54, 1.807) is 0 Å². The topological polar surface area (TPSA) is 24.9 Å². The summed E-state index contributed by atoms with van der Waals surface area (Å²) in [4.78, 5) is 4.97. The third kappa shape index (κ3) is 6.22. The third-order valence-corrected chi connectivity index (χ3v) is 15.2. The molecule has 0 bridgehead atoms. The molecule has 0 spiro atoms. The molecule has 4 heterocycles. The zero-order chi connectivity index (χ0) is 47.3. The van der Waals surface area contributed by atoms with Gasteiger partial charge in [-0.2, -0.15) is 0 Å². The largest absolute Gasteiger partial charge is 0.458 e. The van der Waals surface area contributed by atoms with Crippen LogP contribution in [-0.4, -0.2) is 13.4 Å². The molecule has 4 nitrogen and oxygen atoms in total. The number of anilines is 6. The summed E-state index contributed by atoms with van der Waals surface area (Å²) in [7, 11) is 0. The summed E-state index contributed by atoms with van der Waals surface area (Å²) in [5.41, 5.74) is 22.7. The molecule has 0 amide bonds. The minimum Gasteiger partial charge on any atom is -0.458 e. The van der Waals surface area contributed by atoms with Gasteiger partial charge in [0.25, 0.3) is 13.4 Å². The smallest absolute Gasteiger partial charge is 0.256 e. The minimum atomic E-state index is -0.133. The van der Waals surface area contributed by atoms with Gasteiger partial charge in [0.05, 0.1) is 11.4 Å². The maximum absolute atomic E-state index is 7.54. The predicted molar refractivity (Wildman–Crippen MR) is 300 cm³/mol. The quantitative estimate of drug-likeness (QED) is 0.155. The molecule has 0 unspecified atom stereocenters. The number of hydrogen-bond acceptors (Lipinski definition) is 4. The minimum absolute atomic E-state index is 0.125. The Kier molecular flexibility index (Phi) is 9.12. The van der Waals surface area contributed by atoms with Gasteiger partial charge in [0, 0.05) is 39.9 Å². The van der Waals surface area contributed by atoms with Crippen LogP contribution < -0.4 is 52.1 Å². The molecule has 72 heavy (non-hydrogen) atoms. The van der Waals surface area contributed by atoms with Crippen molar-refractivity contribution in [2.75, 3.05) is 9.80 Å². The first kappa shape index (κ1) is 40.6. The summed E-state index contributed by atoms with van der Waals surface area (Å²) in [6.45, 7) is -0.258. The second-order valence-corrected chi connectivity index (χ2v) is 19.1. The number of rotatable bonds is 6. The summed E-state index contributed by atoms with van der Waals surface area (Å²) in [6, 6.07) is 92.2. The highest BCUT2D eigenvalue weighted by Crippen LogP contribution is 2.49. The lowest BCUT2D eigenvalue weighted by molar-refractivity contribution is 0.487. The number of hydrogen-bond donors (Lipinski definition) is 0. The van der Waals surface area contributed by atoms with Gasteiger partial charge < -0.3 is 19.3 Å². The molecule has 0 aliphatic carbocycles. The summed E-state index contributed by atoms with van der Waals surface area (Å²) in [5, 5.41) is 0. The van der Waals surface area contributed by atoms with E-state index in [0.717, 1.165) is 118 Å². The van der Waals surface area contributed by atoms with Gasteiger partial charge in [-0.3, -0.25) is 0 Å². The van der Waals surface area contributed by atoms with Crippen molar-refractivity contribution in [3.63, 3.8) is 0 Å². The fourth-order valence-electron chi connectivity index (χ4n) is 12.1. The number of benzene rings is 11. The lowest BCUT2D eigenvalue weighted by Crippen LogP contribution is -2.63. The summed E-state index contributed by atoms with van der Waals surface area (Å²) in [6.07, 6.45) is 0. The molecule has 334 valence electrons. The van der Waals surface area contributed by atoms with Crippen molar-refractivity contribution < 1.29 is 9.47 Å². The standard InChI is InChI=1S/C66H42B2N2O2/c1-5-21-43(22-6-1)47-37-59-65-64(40-47)72-62-42-58-53(41-54(62)67(65)51-31-15-19-35-57(51)69(59)55-33-17-13-29-49(55)45-25-9-3-10-26-45)68-52-32-16-20-36-61(52)71-63-39-48(44-23-7-2-8-24-44)38-60(66(63)68)70(58)56-34-18-14-30-50(56)46-27-11-4-12-28-46/h1-42H. The van der Waals surface area contributed by atoms with Crippen LogP contribution in [0.3, 0.4) is 0 Å². The highest BCUT2D eigenvalue weighted by molar-refractivity contribution is 7.02. The van der Waals surface area contributed by atoms with Crippen molar-refractivity contribution in [1.82, 2.24) is 0 Å². The average Bonchev–Trinajstić information content (AvgIpc) is 3.45. The van der Waals surface area contributed by atoms with Gasteiger partial charge in [-0.05, 0) is 115 Å². The monoisotopic (exact) mass is 916 g/mol. The molecule has 11 aromatic rings. The molecular formula is C66H42B2N2O2. The summed E-state index contributed by atoms with van der Waals surface area (Å²) >= 11 is 0. The number of nitrogens with zero attached hydrogens (tertiary/aromatic N) is 2. The molecule has 0 saturated heterocycles. The van der Waals surface area contributed by atoms with E-state index in [0.29, 0.717) is 0 Å². The van der Waals surface area contributed by atoms with E-state index >= 15 is 0 Å². The van der Waals surface area contributed by atoms with E-state index in [4.69, 9.17) is 9.47 Å². The van der Waals surface area contributed by atoms with Crippen LogP contribution in [0.15, 0.2) is 255 Å². The lowest BCUT2D eigenvalue weighted by atomic mass is 9.31. The molecule has 11 aromatic carbocycles. The van der Waals surface area contributed by atoms with Crippen LogP contribution in [0.4, 0.5) is 34.1 Å². The Labute approximate surface area is 419 Å². The fourth-order valence-corrected chi connectivity index (χ4v) is 12.1. The molecule has 4 aliphatic heterocycles. The summed E-state index contributed by atoms with van der Waals surface area (Å²) in [5.74, 6) is 3.45. The Morgan fingerprint density at radius 1 is 0.236 bits per heavy atom. The van der Waals surface area contributed by atoms with Gasteiger partial charge in [0.15, 0.2) is 0 Å². The first-order valence-corrected chi connectivity index (χ1v) is 24.8. The Hall–Kier alpha value is -9.25. The van der Waals surface area contributed by atoms with Crippen molar-refractivity contribution in [3.8, 4) is 67.5 Å². The highest BCUT2D eigenvalue weighted by Gasteiger charge is 2.47. The first-order chi connectivity index (χ1) is 35.7. The number of para-hydroxylation sites is 4. The molecule has 0 fully saturated rings. The SMILES string of the molecule is c1ccc(-c2cc3c4c(c2)N(c2ccccc2-c2ccccc2)c2ccccc2B4c2cc4c(cc2O3)N(c2ccccc2-c2ccccc2)c2cc(-c3ccccc3)cc3c2B4c2ccccc2O3)cc1. The van der Waals surface area contributed by atoms with Crippen molar-refractivity contribution >= 4 is 80.3 Å². The first-order valence-electron chi connectivity index (χ1n) is 24.8. The normalized spacial score (nSPS) is 13.1. The Morgan fingerprint density at radius 3 is 1.21 bits per heavy atom. The Morgan fingerprint density at radius 2 is 0.653 bits per heavy atom. The molecule has 4 aliphatic rings. The van der Waals surface area contributed by atoms with Crippen molar-refractivity contribution in [2.45, 2.75) is 0 Å². The highest BCUT2D eigenvalue weighted by atomic mass is 16.5. The second-order valence-electron chi connectivity index (χ2n) is 19.1. The van der Waals surface area contributed by atoms with Gasteiger partial charge in [-0.15, -0.1) is 0 Å². The van der Waals surface area contributed by atoms with Crippen LogP contribution in [0, 0.1) is 0 Å². The zero-order valence-electron chi connectivity index (χ0n) is 39.1. The van der Waals surface area contributed by atoms with Crippen molar-refractivity contribution in [2.24, 2.45) is 0 Å². The second kappa shape index (κ2) is 16.2. The van der Waals surface area contributed by atoms with Gasteiger partial charge in [0.1, 0.15) is 23.0 Å². The number of ether oxygens (including phenoxy) is 2. The van der Waals surface area contributed by atoms with E-state index in [2.05, 4.69) is 265 Å². The predicted octanol–water partition coefficient (Wildman–Crippen LogP) is 13.2. The molecule has 0 radical (unpaired) electrons. The molecular weight excluding hydrogens is 874 g/mol. The molecule has 0 N–H and O–H groups in total. The van der Waals surface area contributed by atoms with E-state index in [9.17, 15) is 0 Å². The van der Waals surface area contributed by atoms with Gasteiger partial charge >= 0.3 is 0 Å². The Balaban J connectivity index is 1.02. The van der Waals surface area contributed by atoms with Gasteiger partial charge in [-0.25, -0.2) is 0 Å². The van der Waals surface area contributed by atoms with Crippen LogP contribution in [0.1, 0.15) is 0 Å². The van der Waals surface area contributed by atoms with Crippen molar-refractivity contribution in [1.29, 1.82) is 0 Å². The van der Waals surface area contributed by atoms with Gasteiger partial charge in [-0.1, -0.05) is 200 Å². The van der Waals surface area contributed by atoms with Crippen LogP contribution in [0.25, 0.3) is 44.5 Å². The average molecular weight is 917 g/mol. The Bertz CT molecular complexity index is 3960. The van der Waals surface area contributed by atoms with Crippen LogP contribution >= 0.6 is 0 Å². The molecule has 6 heteroatoms. The van der Waals surface area contributed by atoms with Crippen molar-refractivity contribution in [3.05, 3.63) is 255 Å². The van der Waals surface area contributed by atoms with Crippen LogP contribution in [-0.2, 0) is 0 Å². The van der Waals surface area contributed by atoms with Gasteiger partial charge in [0.2, 0.25) is 0 Å². The van der Waals surface area contributed by atoms with E-state index < -0.39 is 0 Å². The van der Waals surface area contributed by atoms with Crippen LogP contribution in [0.5, 0.6) is 23.0 Å². The van der Waals surface area contributed by atoms with E-state index in [-0.39, 0.29) is 13.4 Å². The molecule has 15 rings (SSSR count). The molecule has 0 aromatic heterocycles. The fraction of sp³-hybridized carbons (Fsp3) is 0. The maximum Gasteiger partial charge on any atom is 0.256 e. The van der Waals surface area contributed by atoms with Crippen LogP contribution in [0.2, 0.25) is 0 Å². The maximum atomic E-state index is 7.54. The molecule has 0 atom stereocenters. The van der Waals surface area contributed by atoms with E-state index in [1.165, 1.54) is 16.5 Å². The number of fused-ring (bicyclic) bond motifs is 8. The molecule has 0 saturated carbocycles. The lowest BCUT2D eigenvalue weighted by Gasteiger charge is -2.43. The third-order valence-electron chi connectivity index (χ3n) is 15.2. The zero-order valence-corrected chi connectivity index (χ0v) is 39.1. The summed E-state index contributed by atoms with van der Waals surface area (Å²) < 4.78 is 14.6.